The minimum atomic E-state index is -4.86. The Kier molecular flexibility index (Phi) is 9.29. The van der Waals surface area contributed by atoms with Crippen LogP contribution in [-0.4, -0.2) is 54.3 Å². The van der Waals surface area contributed by atoms with E-state index in [0.717, 1.165) is 0 Å². The fraction of sp³-hybridized carbons (Fsp3) is 0.429. The van der Waals surface area contributed by atoms with E-state index in [1.54, 1.807) is 0 Å². The number of benzene rings is 1. The maximum atomic E-state index is 13.5. The summed E-state index contributed by atoms with van der Waals surface area (Å²) < 4.78 is 84.3. The van der Waals surface area contributed by atoms with Crippen LogP contribution in [0.2, 0.25) is 5.02 Å². The molecule has 0 fully saturated rings. The molecule has 0 spiro atoms. The van der Waals surface area contributed by atoms with Crippen LogP contribution in [0.5, 0.6) is 0 Å². The smallest absolute Gasteiger partial charge is 0.427 e. The molecule has 0 aliphatic carbocycles. The maximum Gasteiger partial charge on any atom is 0.427 e. The van der Waals surface area contributed by atoms with Crippen molar-refractivity contribution in [2.45, 2.75) is 43.8 Å². The standard InChI is InChI=1S/C21H20ClF6N3O2.ClH/c22-14-6-8-15(9-7-14)29-19(32)33-18(21(26,27)28)12-31-10-2-3-13(11-31)16-4-1-5-17(30-16)20(23,24)25;/h2-3,6-10,17-18H,1,4-5,11-12H2,(H,29,32);1H/t17-,18?;/m0./s1. The van der Waals surface area contributed by atoms with Crippen molar-refractivity contribution >= 4 is 41.5 Å². The highest BCUT2D eigenvalue weighted by atomic mass is 35.5. The lowest BCUT2D eigenvalue weighted by Crippen LogP contribution is -2.44. The number of amides is 1. The van der Waals surface area contributed by atoms with Crippen LogP contribution < -0.4 is 5.32 Å². The summed E-state index contributed by atoms with van der Waals surface area (Å²) in [5.74, 6) is 0. The average Bonchev–Trinajstić information content (AvgIpc) is 2.74. The Morgan fingerprint density at radius 3 is 2.50 bits per heavy atom. The highest BCUT2D eigenvalue weighted by Gasteiger charge is 2.44. The molecule has 2 heterocycles. The number of ether oxygens (including phenoxy) is 1. The topological polar surface area (TPSA) is 53.9 Å². The van der Waals surface area contributed by atoms with E-state index in [0.29, 0.717) is 17.0 Å². The van der Waals surface area contributed by atoms with Crippen LogP contribution in [0.1, 0.15) is 19.3 Å². The number of rotatable bonds is 5. The van der Waals surface area contributed by atoms with Gasteiger partial charge in [-0.1, -0.05) is 17.7 Å². The fourth-order valence-electron chi connectivity index (χ4n) is 3.41. The number of allylic oxidation sites excluding steroid dienone is 2. The van der Waals surface area contributed by atoms with Crippen LogP contribution >= 0.6 is 24.0 Å². The molecule has 1 unspecified atom stereocenters. The SMILES string of the molecule is Cl.O=C(Nc1ccc(Cl)cc1)OC(CN1C=CC=C(C2=N[C@H](C(F)(F)F)CCC2)C1)C(F)(F)F. The van der Waals surface area contributed by atoms with E-state index in [9.17, 15) is 31.1 Å². The van der Waals surface area contributed by atoms with E-state index < -0.39 is 37.1 Å². The summed E-state index contributed by atoms with van der Waals surface area (Å²) in [5.41, 5.74) is 0.823. The second-order valence-corrected chi connectivity index (χ2v) is 7.99. The number of halogens is 8. The van der Waals surface area contributed by atoms with E-state index >= 15 is 0 Å². The number of carbonyl (C=O) groups excluding carboxylic acids is 1. The molecule has 1 amide bonds. The largest absolute Gasteiger partial charge is 0.434 e. The number of nitrogens with one attached hydrogen (secondary N) is 1. The molecule has 1 N–H and O–H groups in total. The van der Waals surface area contributed by atoms with Crippen LogP contribution in [0, 0.1) is 0 Å². The van der Waals surface area contributed by atoms with Gasteiger partial charge in [0.05, 0.1) is 6.54 Å². The monoisotopic (exact) mass is 531 g/mol. The van der Waals surface area contributed by atoms with Crippen LogP contribution in [0.25, 0.3) is 0 Å². The van der Waals surface area contributed by atoms with Crippen LogP contribution in [0.3, 0.4) is 0 Å². The zero-order valence-electron chi connectivity index (χ0n) is 17.5. The minimum Gasteiger partial charge on any atom is -0.434 e. The summed E-state index contributed by atoms with van der Waals surface area (Å²) >= 11 is 5.73. The molecular weight excluding hydrogens is 511 g/mol. The first-order chi connectivity index (χ1) is 15.4. The molecule has 3 rings (SSSR count). The third-order valence-corrected chi connectivity index (χ3v) is 5.28. The van der Waals surface area contributed by atoms with Crippen molar-refractivity contribution < 1.29 is 35.9 Å². The molecule has 2 atom stereocenters. The summed E-state index contributed by atoms with van der Waals surface area (Å²) in [6, 6.07) is 3.87. The quantitative estimate of drug-likeness (QED) is 0.438. The number of anilines is 1. The van der Waals surface area contributed by atoms with Crippen molar-refractivity contribution in [3.63, 3.8) is 0 Å². The Labute approximate surface area is 202 Å². The summed E-state index contributed by atoms with van der Waals surface area (Å²) in [4.78, 5) is 17.0. The number of aliphatic imine (C=N–C) groups is 1. The molecule has 1 aromatic rings. The van der Waals surface area contributed by atoms with Crippen LogP contribution in [0.4, 0.5) is 36.8 Å². The number of carbonyl (C=O) groups is 1. The van der Waals surface area contributed by atoms with E-state index in [1.807, 2.05) is 0 Å². The van der Waals surface area contributed by atoms with Crippen molar-refractivity contribution in [3.8, 4) is 0 Å². The van der Waals surface area contributed by atoms with E-state index in [4.69, 9.17) is 11.6 Å². The van der Waals surface area contributed by atoms with E-state index in [1.165, 1.54) is 47.5 Å². The summed E-state index contributed by atoms with van der Waals surface area (Å²) in [5, 5.41) is 2.58. The van der Waals surface area contributed by atoms with Crippen LogP contribution in [0.15, 0.2) is 53.2 Å². The van der Waals surface area contributed by atoms with Gasteiger partial charge in [-0.15, -0.1) is 12.4 Å². The molecule has 5 nitrogen and oxygen atoms in total. The van der Waals surface area contributed by atoms with Gasteiger partial charge in [-0.3, -0.25) is 10.3 Å². The lowest BCUT2D eigenvalue weighted by atomic mass is 9.96. The lowest BCUT2D eigenvalue weighted by molar-refractivity contribution is -0.204. The minimum absolute atomic E-state index is 0. The second kappa shape index (κ2) is 11.4. The van der Waals surface area contributed by atoms with E-state index in [-0.39, 0.29) is 43.2 Å². The van der Waals surface area contributed by atoms with Gasteiger partial charge in [-0.2, -0.15) is 26.3 Å². The van der Waals surface area contributed by atoms with Crippen molar-refractivity contribution in [1.82, 2.24) is 4.90 Å². The molecule has 2 aliphatic heterocycles. The van der Waals surface area contributed by atoms with Crippen molar-refractivity contribution in [2.24, 2.45) is 4.99 Å². The molecule has 0 aromatic heterocycles. The van der Waals surface area contributed by atoms with Gasteiger partial charge in [-0.25, -0.2) is 4.79 Å². The molecule has 2 aliphatic rings. The molecular formula is C21H21Cl2F6N3O2. The van der Waals surface area contributed by atoms with Crippen LogP contribution in [-0.2, 0) is 4.74 Å². The molecule has 13 heteroatoms. The van der Waals surface area contributed by atoms with E-state index in [2.05, 4.69) is 15.0 Å². The lowest BCUT2D eigenvalue weighted by Gasteiger charge is -2.31. The molecule has 1 aromatic carbocycles. The second-order valence-electron chi connectivity index (χ2n) is 7.56. The molecule has 0 saturated heterocycles. The first-order valence-corrected chi connectivity index (χ1v) is 10.3. The van der Waals surface area contributed by atoms with Gasteiger partial charge in [0.2, 0.25) is 6.10 Å². The van der Waals surface area contributed by atoms with Gasteiger partial charge < -0.3 is 9.64 Å². The predicted molar refractivity (Wildman–Crippen MR) is 119 cm³/mol. The van der Waals surface area contributed by atoms with Crippen molar-refractivity contribution in [2.75, 3.05) is 18.4 Å². The van der Waals surface area contributed by atoms with Crippen molar-refractivity contribution in [3.05, 3.63) is 53.2 Å². The van der Waals surface area contributed by atoms with Gasteiger partial charge >= 0.3 is 18.4 Å². The summed E-state index contributed by atoms with van der Waals surface area (Å²) in [7, 11) is 0. The maximum absolute atomic E-state index is 13.5. The van der Waals surface area contributed by atoms with Gasteiger partial charge in [0, 0.05) is 23.0 Å². The number of hydrogen-bond donors (Lipinski definition) is 1. The zero-order chi connectivity index (χ0) is 24.2. The van der Waals surface area contributed by atoms with Gasteiger partial charge in [0.1, 0.15) is 6.04 Å². The molecule has 0 saturated carbocycles. The normalized spacial score (nSPS) is 19.5. The summed E-state index contributed by atoms with van der Waals surface area (Å²) in [6.45, 7) is -0.823. The van der Waals surface area contributed by atoms with Gasteiger partial charge in [0.15, 0.2) is 0 Å². The zero-order valence-corrected chi connectivity index (χ0v) is 19.1. The number of hydrogen-bond acceptors (Lipinski definition) is 4. The Hall–Kier alpha value is -2.40. The third-order valence-electron chi connectivity index (χ3n) is 5.02. The number of alkyl halides is 6. The van der Waals surface area contributed by atoms with Crippen molar-refractivity contribution in [1.29, 1.82) is 0 Å². The molecule has 0 bridgehead atoms. The Morgan fingerprint density at radius 2 is 1.88 bits per heavy atom. The van der Waals surface area contributed by atoms with Gasteiger partial charge in [-0.05, 0) is 61.4 Å². The highest BCUT2D eigenvalue weighted by Crippen LogP contribution is 2.32. The Balaban J connectivity index is 0.00000408. The average molecular weight is 532 g/mol. The highest BCUT2D eigenvalue weighted by molar-refractivity contribution is 6.30. The fourth-order valence-corrected chi connectivity index (χ4v) is 3.53. The predicted octanol–water partition coefficient (Wildman–Crippen LogP) is 6.55. The first-order valence-electron chi connectivity index (χ1n) is 9.97. The Bertz CT molecular complexity index is 945. The third kappa shape index (κ3) is 7.83. The number of nitrogens with zero attached hydrogens (tertiary/aromatic N) is 2. The molecule has 34 heavy (non-hydrogen) atoms. The summed E-state index contributed by atoms with van der Waals surface area (Å²) in [6.07, 6.45) is -8.32. The Morgan fingerprint density at radius 1 is 1.21 bits per heavy atom. The first kappa shape index (κ1) is 27.8. The molecule has 188 valence electrons. The van der Waals surface area contributed by atoms with Gasteiger partial charge in [0.25, 0.3) is 0 Å². The molecule has 0 radical (unpaired) electrons.